The Kier molecular flexibility index (Phi) is 0.714. The highest BCUT2D eigenvalue weighted by atomic mass is 14.8. The van der Waals surface area contributed by atoms with Crippen LogP contribution in [0.15, 0.2) is 30.5 Å². The minimum absolute atomic E-state index is 1.08. The van der Waals surface area contributed by atoms with Crippen LogP contribution < -0.4 is 0 Å². The average molecular weight is 142 g/mol. The van der Waals surface area contributed by atoms with E-state index in [2.05, 4.69) is 28.2 Å². The lowest BCUT2D eigenvalue weighted by molar-refractivity contribution is 1.40. The van der Waals surface area contributed by atoms with Gasteiger partial charge in [0.15, 0.2) is 0 Å². The number of aromatic nitrogens is 2. The molecule has 0 aliphatic carbocycles. The molecule has 11 heavy (non-hydrogen) atoms. The summed E-state index contributed by atoms with van der Waals surface area (Å²) in [5, 5.41) is 0. The van der Waals surface area contributed by atoms with Crippen LogP contribution in [0.3, 0.4) is 0 Å². The maximum atomic E-state index is 4.22. The summed E-state index contributed by atoms with van der Waals surface area (Å²) >= 11 is 0. The molecule has 2 aliphatic heterocycles. The smallest absolute Gasteiger partial charge is 0.0744 e. The zero-order valence-corrected chi connectivity index (χ0v) is 5.83. The van der Waals surface area contributed by atoms with Crippen molar-refractivity contribution in [3.05, 3.63) is 30.5 Å². The lowest BCUT2D eigenvalue weighted by Crippen LogP contribution is -1.77. The Morgan fingerprint density at radius 2 is 2.18 bits per heavy atom. The first kappa shape index (κ1) is 5.13. The maximum Gasteiger partial charge on any atom is 0.0744 e. The van der Waals surface area contributed by atoms with Gasteiger partial charge in [-0.25, -0.2) is 0 Å². The van der Waals surface area contributed by atoms with E-state index >= 15 is 0 Å². The third-order valence-electron chi connectivity index (χ3n) is 2.02. The number of nitrogens with zero attached hydrogens (tertiary/aromatic N) is 1. The van der Waals surface area contributed by atoms with E-state index in [-0.39, 0.29) is 0 Å². The second-order valence-corrected chi connectivity index (χ2v) is 2.72. The molecule has 1 aromatic heterocycles. The highest BCUT2D eigenvalue weighted by Crippen LogP contribution is 2.27. The van der Waals surface area contributed by atoms with Gasteiger partial charge in [-0.15, -0.1) is 0 Å². The van der Waals surface area contributed by atoms with Crippen LogP contribution in [-0.2, 0) is 0 Å². The van der Waals surface area contributed by atoms with E-state index in [1.54, 1.807) is 0 Å². The van der Waals surface area contributed by atoms with Gasteiger partial charge in [-0.1, -0.05) is 0 Å². The van der Waals surface area contributed by atoms with E-state index in [9.17, 15) is 0 Å². The summed E-state index contributed by atoms with van der Waals surface area (Å²) in [4.78, 5) is 7.48. The fourth-order valence-corrected chi connectivity index (χ4v) is 1.49. The van der Waals surface area contributed by atoms with Gasteiger partial charge in [0.25, 0.3) is 0 Å². The molecule has 0 unspecified atom stereocenters. The number of pyridine rings is 1. The van der Waals surface area contributed by atoms with Gasteiger partial charge in [-0.05, 0) is 24.3 Å². The van der Waals surface area contributed by atoms with Crippen LogP contribution in [0.25, 0.3) is 22.3 Å². The van der Waals surface area contributed by atoms with Crippen molar-refractivity contribution < 1.29 is 0 Å². The number of H-pyrrole nitrogens is 1. The number of aromatic amines is 1. The molecule has 2 bridgehead atoms. The zero-order chi connectivity index (χ0) is 7.26. The van der Waals surface area contributed by atoms with Crippen molar-refractivity contribution in [2.24, 2.45) is 0 Å². The van der Waals surface area contributed by atoms with Crippen molar-refractivity contribution in [3.8, 4) is 11.3 Å². The largest absolute Gasteiger partial charge is 0.355 e. The molecular formula is C9H6N2. The summed E-state index contributed by atoms with van der Waals surface area (Å²) in [6.07, 6.45) is 1.84. The van der Waals surface area contributed by atoms with Crippen LogP contribution in [0.1, 0.15) is 0 Å². The van der Waals surface area contributed by atoms with Crippen LogP contribution in [-0.4, -0.2) is 9.97 Å². The van der Waals surface area contributed by atoms with E-state index in [1.165, 1.54) is 11.1 Å². The minimum atomic E-state index is 1.08. The standard InChI is InChI=1S/C9H6N2/c1-2-8-7-3-4-10-9(7)5-6(1)11-8/h1-5,11H. The third kappa shape index (κ3) is 0.539. The monoisotopic (exact) mass is 142 g/mol. The highest BCUT2D eigenvalue weighted by molar-refractivity contribution is 5.85. The lowest BCUT2D eigenvalue weighted by atomic mass is 10.2. The van der Waals surface area contributed by atoms with Crippen molar-refractivity contribution in [2.75, 3.05) is 0 Å². The summed E-state index contributed by atoms with van der Waals surface area (Å²) in [5.41, 5.74) is 4.61. The van der Waals surface area contributed by atoms with Gasteiger partial charge in [0.2, 0.25) is 0 Å². The average Bonchev–Trinajstić information content (AvgIpc) is 2.58. The molecule has 1 N–H and O–H groups in total. The molecule has 52 valence electrons. The fourth-order valence-electron chi connectivity index (χ4n) is 1.49. The van der Waals surface area contributed by atoms with Crippen molar-refractivity contribution in [1.82, 2.24) is 9.97 Å². The van der Waals surface area contributed by atoms with Crippen LogP contribution in [0, 0.1) is 0 Å². The molecule has 0 spiro atoms. The van der Waals surface area contributed by atoms with Crippen molar-refractivity contribution in [3.63, 3.8) is 0 Å². The Morgan fingerprint density at radius 1 is 1.18 bits per heavy atom. The number of nitrogens with one attached hydrogen (secondary N) is 1. The second kappa shape index (κ2) is 1.53. The Morgan fingerprint density at radius 3 is 3.18 bits per heavy atom. The van der Waals surface area contributed by atoms with Gasteiger partial charge in [0, 0.05) is 22.8 Å². The normalized spacial score (nSPS) is 11.6. The maximum absolute atomic E-state index is 4.22. The van der Waals surface area contributed by atoms with Crippen LogP contribution in [0.5, 0.6) is 0 Å². The summed E-state index contributed by atoms with van der Waals surface area (Å²) < 4.78 is 0. The molecule has 3 rings (SSSR count). The number of hydrogen-bond acceptors (Lipinski definition) is 1. The molecule has 2 heteroatoms. The van der Waals surface area contributed by atoms with Gasteiger partial charge >= 0.3 is 0 Å². The number of fused-ring (bicyclic) bond motifs is 4. The zero-order valence-electron chi connectivity index (χ0n) is 5.83. The molecular weight excluding hydrogens is 136 g/mol. The highest BCUT2D eigenvalue weighted by Gasteiger charge is 2.07. The van der Waals surface area contributed by atoms with Gasteiger partial charge in [0.1, 0.15) is 0 Å². The topological polar surface area (TPSA) is 28.7 Å². The molecule has 0 saturated heterocycles. The van der Waals surface area contributed by atoms with Crippen LogP contribution in [0.4, 0.5) is 0 Å². The molecule has 1 aromatic rings. The molecule has 3 heterocycles. The number of rotatable bonds is 0. The van der Waals surface area contributed by atoms with Gasteiger partial charge in [-0.3, -0.25) is 4.98 Å². The predicted octanol–water partition coefficient (Wildman–Crippen LogP) is 2.11. The molecule has 2 aliphatic rings. The van der Waals surface area contributed by atoms with Crippen LogP contribution in [0.2, 0.25) is 0 Å². The molecule has 0 atom stereocenters. The van der Waals surface area contributed by atoms with E-state index in [4.69, 9.17) is 0 Å². The summed E-state index contributed by atoms with van der Waals surface area (Å²) in [6, 6.07) is 8.24. The van der Waals surface area contributed by atoms with Crippen molar-refractivity contribution in [1.29, 1.82) is 0 Å². The van der Waals surface area contributed by atoms with Gasteiger partial charge in [-0.2, -0.15) is 0 Å². The molecule has 0 amide bonds. The molecule has 0 radical (unpaired) electrons. The van der Waals surface area contributed by atoms with E-state index in [1.807, 2.05) is 12.3 Å². The van der Waals surface area contributed by atoms with Crippen molar-refractivity contribution >= 4 is 11.0 Å². The summed E-state index contributed by atoms with van der Waals surface area (Å²) in [5.74, 6) is 0. The second-order valence-electron chi connectivity index (χ2n) is 2.72. The van der Waals surface area contributed by atoms with Gasteiger partial charge < -0.3 is 4.98 Å². The minimum Gasteiger partial charge on any atom is -0.355 e. The molecule has 0 saturated carbocycles. The predicted molar refractivity (Wildman–Crippen MR) is 43.9 cm³/mol. The first-order valence-electron chi connectivity index (χ1n) is 3.59. The van der Waals surface area contributed by atoms with E-state index in [0.717, 1.165) is 11.2 Å². The Labute approximate surface area is 63.6 Å². The van der Waals surface area contributed by atoms with Gasteiger partial charge in [0.05, 0.1) is 5.69 Å². The first-order chi connectivity index (χ1) is 5.43. The quantitative estimate of drug-likeness (QED) is 0.511. The third-order valence-corrected chi connectivity index (χ3v) is 2.02. The molecule has 0 aromatic carbocycles. The van der Waals surface area contributed by atoms with E-state index in [0.29, 0.717) is 0 Å². The summed E-state index contributed by atoms with van der Waals surface area (Å²) in [6.45, 7) is 0. The lowest BCUT2D eigenvalue weighted by Gasteiger charge is -1.95. The van der Waals surface area contributed by atoms with E-state index < -0.39 is 0 Å². The SMILES string of the molecule is c1cc2c3ccc(cc-2n1)[nH]3. The Bertz CT molecular complexity index is 455. The molecule has 0 fully saturated rings. The Balaban J connectivity index is 2.67. The van der Waals surface area contributed by atoms with Crippen LogP contribution >= 0.6 is 0 Å². The molecule has 2 nitrogen and oxygen atoms in total. The first-order valence-corrected chi connectivity index (χ1v) is 3.59. The summed E-state index contributed by atoms with van der Waals surface area (Å²) in [7, 11) is 0. The Hall–Kier alpha value is -1.57. The number of hydrogen-bond donors (Lipinski definition) is 1. The van der Waals surface area contributed by atoms with Crippen molar-refractivity contribution in [2.45, 2.75) is 0 Å². The fraction of sp³-hybridized carbons (Fsp3) is 0.